The smallest absolute Gasteiger partial charge is 0.338 e. The standard InChI is InChI=1S/C30H26N2O5S/c1-5-36-29(35)26-18(3)31-30-32(27(26)24-15-10-17(2)22-8-6-7-9-23(22)24)28(34)25(38-30)16-20-11-13-21(14-12-20)37-19(4)33/h6-16,27H,5H2,1-4H3/b25-16-. The van der Waals surface area contributed by atoms with Crippen LogP contribution in [0.5, 0.6) is 5.75 Å². The molecule has 0 radical (unpaired) electrons. The highest BCUT2D eigenvalue weighted by atomic mass is 32.1. The van der Waals surface area contributed by atoms with Crippen molar-refractivity contribution in [2.75, 3.05) is 6.61 Å². The first-order valence-electron chi connectivity index (χ1n) is 12.2. The van der Waals surface area contributed by atoms with Crippen molar-refractivity contribution in [1.29, 1.82) is 0 Å². The molecule has 1 unspecified atom stereocenters. The summed E-state index contributed by atoms with van der Waals surface area (Å²) in [6.45, 7) is 7.13. The van der Waals surface area contributed by atoms with E-state index in [1.54, 1.807) is 48.8 Å². The van der Waals surface area contributed by atoms with Crippen molar-refractivity contribution in [1.82, 2.24) is 4.57 Å². The van der Waals surface area contributed by atoms with E-state index in [2.05, 4.69) is 4.99 Å². The minimum Gasteiger partial charge on any atom is -0.463 e. The summed E-state index contributed by atoms with van der Waals surface area (Å²) in [6.07, 6.45) is 1.77. The molecule has 8 heteroatoms. The van der Waals surface area contributed by atoms with E-state index in [-0.39, 0.29) is 12.2 Å². The summed E-state index contributed by atoms with van der Waals surface area (Å²) in [5.74, 6) is -0.460. The molecule has 192 valence electrons. The summed E-state index contributed by atoms with van der Waals surface area (Å²) in [5, 5.41) is 2.02. The van der Waals surface area contributed by atoms with Crippen LogP contribution in [0.15, 0.2) is 81.7 Å². The van der Waals surface area contributed by atoms with Gasteiger partial charge < -0.3 is 9.47 Å². The van der Waals surface area contributed by atoms with Crippen molar-refractivity contribution in [3.8, 4) is 5.75 Å². The third-order valence-electron chi connectivity index (χ3n) is 6.43. The Kier molecular flexibility index (Phi) is 6.82. The van der Waals surface area contributed by atoms with Gasteiger partial charge in [-0.3, -0.25) is 14.2 Å². The number of carbonyl (C=O) groups excluding carboxylic acids is 2. The normalized spacial score (nSPS) is 15.3. The number of hydrogen-bond acceptors (Lipinski definition) is 7. The molecule has 0 aliphatic carbocycles. The monoisotopic (exact) mass is 526 g/mol. The van der Waals surface area contributed by atoms with Gasteiger partial charge >= 0.3 is 11.9 Å². The van der Waals surface area contributed by atoms with Crippen molar-refractivity contribution in [3.05, 3.63) is 108 Å². The van der Waals surface area contributed by atoms with Crippen LogP contribution in [0.4, 0.5) is 0 Å². The molecule has 3 aromatic carbocycles. The number of rotatable bonds is 5. The highest BCUT2D eigenvalue weighted by molar-refractivity contribution is 7.07. The van der Waals surface area contributed by atoms with Crippen LogP contribution in [0.2, 0.25) is 0 Å². The summed E-state index contributed by atoms with van der Waals surface area (Å²) >= 11 is 1.27. The zero-order chi connectivity index (χ0) is 27.0. The number of allylic oxidation sites excluding steroid dienone is 1. The molecule has 0 spiro atoms. The molecule has 38 heavy (non-hydrogen) atoms. The quantitative estimate of drug-likeness (QED) is 0.288. The van der Waals surface area contributed by atoms with E-state index < -0.39 is 18.0 Å². The van der Waals surface area contributed by atoms with Gasteiger partial charge in [0.1, 0.15) is 5.75 Å². The predicted octanol–water partition coefficient (Wildman–Crippen LogP) is 4.19. The van der Waals surface area contributed by atoms with Crippen molar-refractivity contribution < 1.29 is 19.1 Å². The second-order valence-corrected chi connectivity index (χ2v) is 9.99. The zero-order valence-corrected chi connectivity index (χ0v) is 22.3. The van der Waals surface area contributed by atoms with Crippen LogP contribution in [0.25, 0.3) is 16.8 Å². The van der Waals surface area contributed by atoms with Crippen molar-refractivity contribution in [2.45, 2.75) is 33.7 Å². The van der Waals surface area contributed by atoms with E-state index in [4.69, 9.17) is 9.47 Å². The van der Waals surface area contributed by atoms with Gasteiger partial charge in [0, 0.05) is 6.92 Å². The van der Waals surface area contributed by atoms with Crippen LogP contribution in [0, 0.1) is 6.92 Å². The SMILES string of the molecule is CCOC(=O)C1=C(C)N=c2s/c(=C\c3ccc(OC(C)=O)cc3)c(=O)n2C1c1ccc(C)c2ccccc12. The Balaban J connectivity index is 1.73. The summed E-state index contributed by atoms with van der Waals surface area (Å²) in [7, 11) is 0. The molecule has 0 amide bonds. The molecule has 2 heterocycles. The van der Waals surface area contributed by atoms with E-state index in [1.165, 1.54) is 18.3 Å². The van der Waals surface area contributed by atoms with Gasteiger partial charge in [0.15, 0.2) is 4.80 Å². The number of aromatic nitrogens is 1. The predicted molar refractivity (Wildman–Crippen MR) is 147 cm³/mol. The fourth-order valence-electron chi connectivity index (χ4n) is 4.75. The molecule has 4 aromatic rings. The first-order valence-corrected chi connectivity index (χ1v) is 13.1. The number of carbonyl (C=O) groups is 2. The van der Waals surface area contributed by atoms with Gasteiger partial charge in [0.05, 0.1) is 28.5 Å². The molecule has 0 saturated heterocycles. The lowest BCUT2D eigenvalue weighted by molar-refractivity contribution is -0.139. The maximum Gasteiger partial charge on any atom is 0.338 e. The summed E-state index contributed by atoms with van der Waals surface area (Å²) in [4.78, 5) is 43.5. The van der Waals surface area contributed by atoms with E-state index in [1.807, 2.05) is 43.3 Å². The molecule has 1 aromatic heterocycles. The van der Waals surface area contributed by atoms with Gasteiger partial charge in [-0.05, 0) is 66.4 Å². The number of benzene rings is 3. The molecule has 0 N–H and O–H groups in total. The maximum atomic E-state index is 13.9. The average molecular weight is 527 g/mol. The molecule has 1 aliphatic rings. The molecular weight excluding hydrogens is 500 g/mol. The molecule has 7 nitrogen and oxygen atoms in total. The number of esters is 2. The minimum absolute atomic E-state index is 0.213. The van der Waals surface area contributed by atoms with Crippen molar-refractivity contribution in [3.63, 3.8) is 0 Å². The van der Waals surface area contributed by atoms with Gasteiger partial charge in [-0.15, -0.1) is 0 Å². The Hall–Kier alpha value is -4.30. The van der Waals surface area contributed by atoms with Crippen LogP contribution in [-0.2, 0) is 14.3 Å². The first kappa shape index (κ1) is 25.4. The second-order valence-electron chi connectivity index (χ2n) is 8.98. The highest BCUT2D eigenvalue weighted by Crippen LogP contribution is 2.35. The Labute approximate surface area is 223 Å². The van der Waals surface area contributed by atoms with E-state index >= 15 is 0 Å². The number of hydrogen-bond donors (Lipinski definition) is 0. The van der Waals surface area contributed by atoms with Crippen LogP contribution in [-0.4, -0.2) is 23.1 Å². The van der Waals surface area contributed by atoms with Gasteiger partial charge in [-0.1, -0.05) is 59.9 Å². The molecule has 0 fully saturated rings. The lowest BCUT2D eigenvalue weighted by atomic mass is 9.90. The van der Waals surface area contributed by atoms with Gasteiger partial charge in [-0.25, -0.2) is 9.79 Å². The van der Waals surface area contributed by atoms with E-state index in [0.717, 1.165) is 27.5 Å². The van der Waals surface area contributed by atoms with E-state index in [0.29, 0.717) is 26.4 Å². The van der Waals surface area contributed by atoms with Crippen LogP contribution < -0.4 is 19.6 Å². The van der Waals surface area contributed by atoms with E-state index in [9.17, 15) is 14.4 Å². The van der Waals surface area contributed by atoms with Crippen molar-refractivity contribution >= 4 is 40.1 Å². The lowest BCUT2D eigenvalue weighted by Gasteiger charge is -2.26. The average Bonchev–Trinajstić information content (AvgIpc) is 3.19. The van der Waals surface area contributed by atoms with Gasteiger partial charge in [-0.2, -0.15) is 0 Å². The topological polar surface area (TPSA) is 87.0 Å². The largest absolute Gasteiger partial charge is 0.463 e. The number of thiazole rings is 1. The molecule has 0 saturated carbocycles. The summed E-state index contributed by atoms with van der Waals surface area (Å²) in [5.41, 5.74) is 3.34. The molecular formula is C30H26N2O5S. The first-order chi connectivity index (χ1) is 18.3. The van der Waals surface area contributed by atoms with Crippen LogP contribution in [0.3, 0.4) is 0 Å². The maximum absolute atomic E-state index is 13.9. The fourth-order valence-corrected chi connectivity index (χ4v) is 5.79. The molecule has 1 atom stereocenters. The number of aryl methyl sites for hydroxylation is 1. The second kappa shape index (κ2) is 10.2. The highest BCUT2D eigenvalue weighted by Gasteiger charge is 2.34. The zero-order valence-electron chi connectivity index (χ0n) is 21.5. The molecule has 1 aliphatic heterocycles. The third kappa shape index (κ3) is 4.59. The number of fused-ring (bicyclic) bond motifs is 2. The fraction of sp³-hybridized carbons (Fsp3) is 0.200. The Morgan fingerprint density at radius 1 is 1.03 bits per heavy atom. The summed E-state index contributed by atoms with van der Waals surface area (Å²) in [6, 6.07) is 18.2. The molecule has 0 bridgehead atoms. The van der Waals surface area contributed by atoms with Gasteiger partial charge in [0.25, 0.3) is 5.56 Å². The Morgan fingerprint density at radius 2 is 1.74 bits per heavy atom. The minimum atomic E-state index is -0.690. The lowest BCUT2D eigenvalue weighted by Crippen LogP contribution is -2.40. The third-order valence-corrected chi connectivity index (χ3v) is 7.41. The van der Waals surface area contributed by atoms with Crippen LogP contribution >= 0.6 is 11.3 Å². The van der Waals surface area contributed by atoms with Crippen molar-refractivity contribution in [2.24, 2.45) is 4.99 Å². The number of ether oxygens (including phenoxy) is 2. The van der Waals surface area contributed by atoms with Crippen LogP contribution in [0.1, 0.15) is 43.5 Å². The van der Waals surface area contributed by atoms with Gasteiger partial charge in [0.2, 0.25) is 0 Å². The Morgan fingerprint density at radius 3 is 2.42 bits per heavy atom. The summed E-state index contributed by atoms with van der Waals surface area (Å²) < 4.78 is 12.6. The molecule has 5 rings (SSSR count). The number of nitrogens with zero attached hydrogens (tertiary/aromatic N) is 2. The Bertz CT molecular complexity index is 1800.